The van der Waals surface area contributed by atoms with Gasteiger partial charge in [-0.2, -0.15) is 0 Å². The summed E-state index contributed by atoms with van der Waals surface area (Å²) in [5.41, 5.74) is 6.52. The molecular formula is C10H12Br2N2O2. The maximum absolute atomic E-state index is 11.3. The minimum atomic E-state index is -0.457. The van der Waals surface area contributed by atoms with Crippen LogP contribution in [-0.4, -0.2) is 17.6 Å². The van der Waals surface area contributed by atoms with Gasteiger partial charge in [0.05, 0.1) is 24.8 Å². The molecule has 0 aliphatic carbocycles. The first-order chi connectivity index (χ1) is 7.54. The van der Waals surface area contributed by atoms with Crippen LogP contribution in [0.3, 0.4) is 0 Å². The van der Waals surface area contributed by atoms with Crippen molar-refractivity contribution >= 4 is 37.8 Å². The van der Waals surface area contributed by atoms with E-state index >= 15 is 0 Å². The number of ether oxygens (including phenoxy) is 1. The lowest BCUT2D eigenvalue weighted by Crippen LogP contribution is -2.18. The van der Waals surface area contributed by atoms with E-state index in [0.717, 1.165) is 8.95 Å². The van der Waals surface area contributed by atoms with E-state index in [1.54, 1.807) is 13.1 Å². The molecule has 1 rings (SSSR count). The lowest BCUT2D eigenvalue weighted by Gasteiger charge is -2.12. The van der Waals surface area contributed by atoms with Gasteiger partial charge in [-0.25, -0.2) is 0 Å². The van der Waals surface area contributed by atoms with E-state index in [1.807, 2.05) is 6.07 Å². The lowest BCUT2D eigenvalue weighted by atomic mass is 10.1. The van der Waals surface area contributed by atoms with Crippen LogP contribution in [0.4, 0.5) is 0 Å². The Bertz CT molecular complexity index is 385. The average Bonchev–Trinajstić information content (AvgIpc) is 2.17. The zero-order valence-corrected chi connectivity index (χ0v) is 11.9. The summed E-state index contributed by atoms with van der Waals surface area (Å²) in [5, 5.41) is 0. The van der Waals surface area contributed by atoms with Crippen LogP contribution >= 0.6 is 31.9 Å². The maximum atomic E-state index is 11.3. The van der Waals surface area contributed by atoms with Gasteiger partial charge >= 0.3 is 5.97 Å². The molecule has 1 aromatic heterocycles. The van der Waals surface area contributed by atoms with E-state index in [9.17, 15) is 4.79 Å². The van der Waals surface area contributed by atoms with Gasteiger partial charge in [-0.15, -0.1) is 0 Å². The van der Waals surface area contributed by atoms with Gasteiger partial charge in [-0.1, -0.05) is 0 Å². The Morgan fingerprint density at radius 2 is 2.31 bits per heavy atom. The van der Waals surface area contributed by atoms with Crippen LogP contribution in [0, 0.1) is 0 Å². The minimum absolute atomic E-state index is 0.126. The highest BCUT2D eigenvalue weighted by Crippen LogP contribution is 2.25. The Morgan fingerprint density at radius 3 is 2.88 bits per heavy atom. The molecule has 1 heterocycles. The standard InChI is InChI=1S/C10H12Br2N2O2/c1-2-16-9(15)4-8(13)10-7(12)3-6(11)5-14-10/h3,5,8H,2,4,13H2,1H3. The predicted octanol–water partition coefficient (Wildman–Crippen LogP) is 2.56. The van der Waals surface area contributed by atoms with Crippen molar-refractivity contribution in [2.45, 2.75) is 19.4 Å². The summed E-state index contributed by atoms with van der Waals surface area (Å²) in [6.45, 7) is 2.12. The van der Waals surface area contributed by atoms with Gasteiger partial charge in [0.15, 0.2) is 0 Å². The first-order valence-electron chi connectivity index (χ1n) is 4.76. The van der Waals surface area contributed by atoms with Crippen molar-refractivity contribution in [3.05, 3.63) is 26.9 Å². The van der Waals surface area contributed by atoms with Gasteiger partial charge in [-0.05, 0) is 44.8 Å². The topological polar surface area (TPSA) is 65.2 Å². The van der Waals surface area contributed by atoms with Crippen molar-refractivity contribution < 1.29 is 9.53 Å². The number of halogens is 2. The Morgan fingerprint density at radius 1 is 1.62 bits per heavy atom. The summed E-state index contributed by atoms with van der Waals surface area (Å²) in [7, 11) is 0. The normalized spacial score (nSPS) is 12.2. The molecule has 1 unspecified atom stereocenters. The summed E-state index contributed by atoms with van der Waals surface area (Å²) in [5.74, 6) is -0.313. The molecule has 0 radical (unpaired) electrons. The molecular weight excluding hydrogens is 340 g/mol. The van der Waals surface area contributed by atoms with Crippen molar-refractivity contribution in [3.63, 3.8) is 0 Å². The average molecular weight is 352 g/mol. The molecule has 0 aromatic carbocycles. The Labute approximate surface area is 111 Å². The number of hydrogen-bond donors (Lipinski definition) is 1. The van der Waals surface area contributed by atoms with Gasteiger partial charge in [-0.3, -0.25) is 9.78 Å². The van der Waals surface area contributed by atoms with Gasteiger partial charge < -0.3 is 10.5 Å². The fourth-order valence-corrected chi connectivity index (χ4v) is 2.48. The Kier molecular flexibility index (Phi) is 5.37. The second-order valence-corrected chi connectivity index (χ2v) is 4.91. The quantitative estimate of drug-likeness (QED) is 0.846. The van der Waals surface area contributed by atoms with E-state index in [0.29, 0.717) is 12.3 Å². The van der Waals surface area contributed by atoms with E-state index in [4.69, 9.17) is 10.5 Å². The number of rotatable bonds is 4. The van der Waals surface area contributed by atoms with Gasteiger partial charge in [0, 0.05) is 15.1 Å². The number of nitrogens with zero attached hydrogens (tertiary/aromatic N) is 1. The second-order valence-electron chi connectivity index (χ2n) is 3.14. The van der Waals surface area contributed by atoms with Crippen molar-refractivity contribution in [1.29, 1.82) is 0 Å². The highest BCUT2D eigenvalue weighted by atomic mass is 79.9. The molecule has 88 valence electrons. The lowest BCUT2D eigenvalue weighted by molar-refractivity contribution is -0.143. The van der Waals surface area contributed by atoms with Gasteiger partial charge in [0.25, 0.3) is 0 Å². The monoisotopic (exact) mass is 350 g/mol. The summed E-state index contributed by atoms with van der Waals surface area (Å²) >= 11 is 6.65. The molecule has 0 aliphatic rings. The zero-order valence-electron chi connectivity index (χ0n) is 8.74. The van der Waals surface area contributed by atoms with Crippen LogP contribution < -0.4 is 5.73 Å². The predicted molar refractivity (Wildman–Crippen MR) is 67.8 cm³/mol. The van der Waals surface area contributed by atoms with E-state index < -0.39 is 6.04 Å². The minimum Gasteiger partial charge on any atom is -0.466 e. The second kappa shape index (κ2) is 6.32. The van der Waals surface area contributed by atoms with Crippen LogP contribution in [0.25, 0.3) is 0 Å². The number of aromatic nitrogens is 1. The molecule has 0 saturated carbocycles. The van der Waals surface area contributed by atoms with Crippen LogP contribution in [0.2, 0.25) is 0 Å². The highest BCUT2D eigenvalue weighted by molar-refractivity contribution is 9.11. The number of hydrogen-bond acceptors (Lipinski definition) is 4. The molecule has 1 atom stereocenters. The third-order valence-electron chi connectivity index (χ3n) is 1.88. The molecule has 0 spiro atoms. The third kappa shape index (κ3) is 3.84. The molecule has 4 nitrogen and oxygen atoms in total. The van der Waals surface area contributed by atoms with Crippen LogP contribution in [0.5, 0.6) is 0 Å². The number of nitrogens with two attached hydrogens (primary N) is 1. The van der Waals surface area contributed by atoms with Crippen molar-refractivity contribution in [2.75, 3.05) is 6.61 Å². The molecule has 0 saturated heterocycles. The Balaban J connectivity index is 2.72. The van der Waals surface area contributed by atoms with Crippen molar-refractivity contribution in [1.82, 2.24) is 4.98 Å². The SMILES string of the molecule is CCOC(=O)CC(N)c1ncc(Br)cc1Br. The molecule has 0 amide bonds. The fraction of sp³-hybridized carbons (Fsp3) is 0.400. The molecule has 0 bridgehead atoms. The summed E-state index contributed by atoms with van der Waals surface area (Å²) in [4.78, 5) is 15.4. The number of carbonyl (C=O) groups is 1. The fourth-order valence-electron chi connectivity index (χ4n) is 1.19. The Hall–Kier alpha value is -0.460. The van der Waals surface area contributed by atoms with Crippen LogP contribution in [-0.2, 0) is 9.53 Å². The summed E-state index contributed by atoms with van der Waals surface area (Å²) in [6, 6.07) is 1.38. The highest BCUT2D eigenvalue weighted by Gasteiger charge is 2.16. The molecule has 16 heavy (non-hydrogen) atoms. The van der Waals surface area contributed by atoms with Gasteiger partial charge in [0.2, 0.25) is 0 Å². The molecule has 2 N–H and O–H groups in total. The number of carbonyl (C=O) groups excluding carboxylic acids is 1. The smallest absolute Gasteiger partial charge is 0.307 e. The van der Waals surface area contributed by atoms with Crippen LogP contribution in [0.1, 0.15) is 25.1 Å². The van der Waals surface area contributed by atoms with Crippen LogP contribution in [0.15, 0.2) is 21.2 Å². The van der Waals surface area contributed by atoms with E-state index in [-0.39, 0.29) is 12.4 Å². The maximum Gasteiger partial charge on any atom is 0.307 e. The number of pyridine rings is 1. The molecule has 0 aliphatic heterocycles. The largest absolute Gasteiger partial charge is 0.466 e. The van der Waals surface area contributed by atoms with E-state index in [2.05, 4.69) is 36.8 Å². The van der Waals surface area contributed by atoms with Crippen molar-refractivity contribution in [3.8, 4) is 0 Å². The van der Waals surface area contributed by atoms with Gasteiger partial charge in [0.1, 0.15) is 0 Å². The third-order valence-corrected chi connectivity index (χ3v) is 2.95. The number of esters is 1. The first-order valence-corrected chi connectivity index (χ1v) is 6.35. The molecule has 6 heteroatoms. The zero-order chi connectivity index (χ0) is 12.1. The molecule has 1 aromatic rings. The summed E-state index contributed by atoms with van der Waals surface area (Å²) in [6.07, 6.45) is 1.77. The van der Waals surface area contributed by atoms with Crippen molar-refractivity contribution in [2.24, 2.45) is 5.73 Å². The first kappa shape index (κ1) is 13.6. The molecule has 0 fully saturated rings. The summed E-state index contributed by atoms with van der Waals surface area (Å²) < 4.78 is 6.46. The van der Waals surface area contributed by atoms with E-state index in [1.165, 1.54) is 0 Å².